The lowest BCUT2D eigenvalue weighted by Gasteiger charge is -2.40. The Labute approximate surface area is 329 Å². The fourth-order valence-corrected chi connectivity index (χ4v) is 6.92. The van der Waals surface area contributed by atoms with Gasteiger partial charge in [-0.1, -0.05) is 167 Å². The van der Waals surface area contributed by atoms with Gasteiger partial charge in [-0.2, -0.15) is 0 Å². The van der Waals surface area contributed by atoms with Gasteiger partial charge >= 0.3 is 0 Å². The molecular weight excluding hydrogens is 686 g/mol. The van der Waals surface area contributed by atoms with Crippen molar-refractivity contribution in [1.82, 2.24) is 5.32 Å². The first-order valence-electron chi connectivity index (χ1n) is 22.2. The van der Waals surface area contributed by atoms with Gasteiger partial charge in [0.05, 0.1) is 25.4 Å². The second-order valence-corrected chi connectivity index (χ2v) is 15.6. The maximum atomic E-state index is 13.0. The van der Waals surface area contributed by atoms with Crippen molar-refractivity contribution in [2.75, 3.05) is 13.2 Å². The van der Waals surface area contributed by atoms with Crippen LogP contribution in [0, 0.1) is 0 Å². The summed E-state index contributed by atoms with van der Waals surface area (Å²) < 4.78 is 11.1. The zero-order valence-corrected chi connectivity index (χ0v) is 34.3. The zero-order chi connectivity index (χ0) is 39.7. The van der Waals surface area contributed by atoms with Gasteiger partial charge in [0, 0.05) is 0 Å². The fraction of sp³-hybridized carbons (Fsp3) is 0.886. The van der Waals surface area contributed by atoms with E-state index in [1.807, 2.05) is 6.08 Å². The van der Waals surface area contributed by atoms with Gasteiger partial charge in [0.15, 0.2) is 6.29 Å². The number of amides is 1. The number of aliphatic hydroxyl groups is 6. The third-order valence-electron chi connectivity index (χ3n) is 10.6. The van der Waals surface area contributed by atoms with Gasteiger partial charge in [-0.05, 0) is 44.9 Å². The van der Waals surface area contributed by atoms with Crippen LogP contribution >= 0.6 is 0 Å². The average molecular weight is 770 g/mol. The maximum Gasteiger partial charge on any atom is 0.249 e. The summed E-state index contributed by atoms with van der Waals surface area (Å²) in [5, 5.41) is 64.5. The van der Waals surface area contributed by atoms with Crippen molar-refractivity contribution in [1.29, 1.82) is 0 Å². The maximum absolute atomic E-state index is 13.0. The lowest BCUT2D eigenvalue weighted by atomic mass is 9.99. The number of allylic oxidation sites excluding steroid dienone is 3. The van der Waals surface area contributed by atoms with Crippen molar-refractivity contribution in [3.05, 3.63) is 24.3 Å². The minimum Gasteiger partial charge on any atom is -0.394 e. The smallest absolute Gasteiger partial charge is 0.249 e. The molecule has 1 aliphatic rings. The van der Waals surface area contributed by atoms with E-state index in [0.29, 0.717) is 6.42 Å². The average Bonchev–Trinajstić information content (AvgIpc) is 3.17. The largest absolute Gasteiger partial charge is 0.394 e. The summed E-state index contributed by atoms with van der Waals surface area (Å²) in [5.74, 6) is -0.620. The molecule has 10 heteroatoms. The first-order valence-corrected chi connectivity index (χ1v) is 22.2. The van der Waals surface area contributed by atoms with Gasteiger partial charge < -0.3 is 45.4 Å². The van der Waals surface area contributed by atoms with Crippen LogP contribution in [0.3, 0.4) is 0 Å². The number of hydrogen-bond acceptors (Lipinski definition) is 9. The monoisotopic (exact) mass is 770 g/mol. The van der Waals surface area contributed by atoms with Crippen molar-refractivity contribution in [2.24, 2.45) is 0 Å². The van der Waals surface area contributed by atoms with Crippen LogP contribution in [0.2, 0.25) is 0 Å². The number of unbranched alkanes of at least 4 members (excludes halogenated alkanes) is 23. The molecule has 0 bridgehead atoms. The van der Waals surface area contributed by atoms with Crippen LogP contribution in [0.4, 0.5) is 0 Å². The Morgan fingerprint density at radius 1 is 0.630 bits per heavy atom. The third-order valence-corrected chi connectivity index (χ3v) is 10.6. The SMILES string of the molecule is CCCCCCCCC=CCCCCCCCC=CC(O)C(COC1OC(CO)C(O)C(O)C1O)NC(=O)C(O)CCCCCCCCCCCCCC. The minimum atomic E-state index is -1.61. The zero-order valence-electron chi connectivity index (χ0n) is 34.3. The molecule has 1 saturated heterocycles. The molecule has 1 aliphatic heterocycles. The molecule has 54 heavy (non-hydrogen) atoms. The molecule has 7 N–H and O–H groups in total. The van der Waals surface area contributed by atoms with E-state index in [9.17, 15) is 35.4 Å². The van der Waals surface area contributed by atoms with Crippen molar-refractivity contribution in [2.45, 2.75) is 236 Å². The lowest BCUT2D eigenvalue weighted by Crippen LogP contribution is -2.60. The van der Waals surface area contributed by atoms with Crippen LogP contribution in [0.5, 0.6) is 0 Å². The summed E-state index contributed by atoms with van der Waals surface area (Å²) in [6.07, 6.45) is 29.7. The van der Waals surface area contributed by atoms with E-state index >= 15 is 0 Å². The predicted octanol–water partition coefficient (Wildman–Crippen LogP) is 7.69. The first-order chi connectivity index (χ1) is 26.3. The molecule has 0 saturated carbocycles. The molecule has 0 spiro atoms. The van der Waals surface area contributed by atoms with Crippen molar-refractivity contribution in [3.8, 4) is 0 Å². The third kappa shape index (κ3) is 25.0. The summed E-state index contributed by atoms with van der Waals surface area (Å²) in [4.78, 5) is 13.0. The number of rotatable bonds is 36. The molecule has 318 valence electrons. The minimum absolute atomic E-state index is 0.307. The highest BCUT2D eigenvalue weighted by Crippen LogP contribution is 2.22. The quantitative estimate of drug-likeness (QED) is 0.0250. The molecule has 1 fully saturated rings. The van der Waals surface area contributed by atoms with Crippen LogP contribution in [-0.2, 0) is 14.3 Å². The summed E-state index contributed by atoms with van der Waals surface area (Å²) in [6.45, 7) is 3.58. The first kappa shape index (κ1) is 50.6. The highest BCUT2D eigenvalue weighted by Gasteiger charge is 2.44. The summed E-state index contributed by atoms with van der Waals surface area (Å²) >= 11 is 0. The molecule has 1 rings (SSSR count). The molecular formula is C44H83NO9. The molecule has 10 nitrogen and oxygen atoms in total. The van der Waals surface area contributed by atoms with Gasteiger partial charge in [0.1, 0.15) is 30.5 Å². The normalized spacial score (nSPS) is 22.3. The van der Waals surface area contributed by atoms with Crippen molar-refractivity contribution >= 4 is 5.91 Å². The van der Waals surface area contributed by atoms with E-state index in [1.54, 1.807) is 6.08 Å². The number of aliphatic hydroxyl groups excluding tert-OH is 6. The van der Waals surface area contributed by atoms with E-state index in [-0.39, 0.29) is 6.61 Å². The molecule has 0 aromatic carbocycles. The molecule has 0 aromatic rings. The Morgan fingerprint density at radius 3 is 1.56 bits per heavy atom. The predicted molar refractivity (Wildman–Crippen MR) is 218 cm³/mol. The summed E-state index contributed by atoms with van der Waals surface area (Å²) in [7, 11) is 0. The van der Waals surface area contributed by atoms with Crippen LogP contribution in [0.15, 0.2) is 24.3 Å². The van der Waals surface area contributed by atoms with E-state index in [0.717, 1.165) is 57.8 Å². The van der Waals surface area contributed by atoms with Gasteiger partial charge in [0.2, 0.25) is 5.91 Å². The summed E-state index contributed by atoms with van der Waals surface area (Å²) in [5.41, 5.74) is 0. The summed E-state index contributed by atoms with van der Waals surface area (Å²) in [6, 6.07) is -0.980. The second kappa shape index (κ2) is 34.8. The Morgan fingerprint density at radius 2 is 1.07 bits per heavy atom. The topological polar surface area (TPSA) is 169 Å². The number of hydrogen-bond donors (Lipinski definition) is 7. The molecule has 0 aromatic heterocycles. The molecule has 0 aliphatic carbocycles. The molecule has 0 radical (unpaired) electrons. The molecule has 1 amide bonds. The van der Waals surface area contributed by atoms with Crippen LogP contribution in [0.1, 0.15) is 187 Å². The molecule has 1 heterocycles. The second-order valence-electron chi connectivity index (χ2n) is 15.6. The highest BCUT2D eigenvalue weighted by atomic mass is 16.7. The standard InChI is InChI=1S/C44H83NO9/c1-3-5-7-9-11-13-15-17-18-19-20-21-23-24-26-28-30-32-37(47)36(35-53-44-42(51)41(50)40(49)39(34-46)54-44)45-43(52)38(48)33-31-29-27-25-22-16-14-12-10-8-6-4-2/h17-18,30,32,36-42,44,46-51H,3-16,19-29,31,33-35H2,1-2H3,(H,45,52). The van der Waals surface area contributed by atoms with Gasteiger partial charge in [0.25, 0.3) is 0 Å². The van der Waals surface area contributed by atoms with Crippen LogP contribution in [-0.4, -0.2) is 98.7 Å². The number of nitrogens with one attached hydrogen (secondary N) is 1. The van der Waals surface area contributed by atoms with E-state index in [2.05, 4.69) is 31.3 Å². The van der Waals surface area contributed by atoms with Gasteiger partial charge in [-0.15, -0.1) is 0 Å². The lowest BCUT2D eigenvalue weighted by molar-refractivity contribution is -0.302. The Hall–Kier alpha value is -1.37. The molecule has 8 atom stereocenters. The fourth-order valence-electron chi connectivity index (χ4n) is 6.92. The van der Waals surface area contributed by atoms with E-state index in [1.165, 1.54) is 109 Å². The number of ether oxygens (including phenoxy) is 2. The Kier molecular flexibility index (Phi) is 32.7. The van der Waals surface area contributed by atoms with Crippen LogP contribution < -0.4 is 5.32 Å². The highest BCUT2D eigenvalue weighted by molar-refractivity contribution is 5.80. The number of carbonyl (C=O) groups excluding carboxylic acids is 1. The van der Waals surface area contributed by atoms with E-state index < -0.39 is 61.5 Å². The van der Waals surface area contributed by atoms with E-state index in [4.69, 9.17) is 9.47 Å². The van der Waals surface area contributed by atoms with Crippen molar-refractivity contribution < 1.29 is 44.9 Å². The molecule has 8 unspecified atom stereocenters. The van der Waals surface area contributed by atoms with Gasteiger partial charge in [-0.25, -0.2) is 0 Å². The Balaban J connectivity index is 2.46. The Bertz CT molecular complexity index is 916. The number of carbonyl (C=O) groups is 1. The van der Waals surface area contributed by atoms with Gasteiger partial charge in [-0.3, -0.25) is 4.79 Å². The van der Waals surface area contributed by atoms with Crippen molar-refractivity contribution in [3.63, 3.8) is 0 Å². The van der Waals surface area contributed by atoms with Crippen LogP contribution in [0.25, 0.3) is 0 Å².